The van der Waals surface area contributed by atoms with Gasteiger partial charge in [0.2, 0.25) is 0 Å². The maximum absolute atomic E-state index is 6.25. The summed E-state index contributed by atoms with van der Waals surface area (Å²) in [5.74, 6) is 1.13. The fourth-order valence-corrected chi connectivity index (χ4v) is 9.50. The smallest absolute Gasteiger partial charge is 0.130 e. The van der Waals surface area contributed by atoms with Crippen molar-refractivity contribution in [1.29, 1.82) is 0 Å². The topological polar surface area (TPSA) is 12.5 Å². The summed E-state index contributed by atoms with van der Waals surface area (Å²) in [5.41, 5.74) is 0. The molecule has 0 bridgehead atoms. The molecule has 0 saturated heterocycles. The second-order valence-corrected chi connectivity index (χ2v) is 13.1. The number of hydrogen-bond donors (Lipinski definition) is 0. The SMILES string of the molecule is CCN1OC(C[Si](c2ccccc2)(c2ccccc2)C(C)(C)C)=CC1C. The zero-order valence-corrected chi connectivity index (χ0v) is 17.7. The van der Waals surface area contributed by atoms with Crippen LogP contribution in [0.5, 0.6) is 0 Å². The fraction of sp³-hybridized carbons (Fsp3) is 0.391. The Morgan fingerprint density at radius 2 is 1.42 bits per heavy atom. The lowest BCUT2D eigenvalue weighted by molar-refractivity contribution is -0.108. The first-order valence-electron chi connectivity index (χ1n) is 9.65. The van der Waals surface area contributed by atoms with Crippen molar-refractivity contribution >= 4 is 18.4 Å². The van der Waals surface area contributed by atoms with Crippen molar-refractivity contribution in [3.05, 3.63) is 72.5 Å². The first kappa shape index (κ1) is 18.9. The molecule has 3 heteroatoms. The lowest BCUT2D eigenvalue weighted by atomic mass is 10.2. The van der Waals surface area contributed by atoms with Gasteiger partial charge in [0, 0.05) is 12.6 Å². The van der Waals surface area contributed by atoms with Gasteiger partial charge in [0.05, 0.1) is 6.04 Å². The van der Waals surface area contributed by atoms with Crippen LogP contribution in [0.4, 0.5) is 0 Å². The van der Waals surface area contributed by atoms with Crippen LogP contribution < -0.4 is 10.4 Å². The first-order valence-corrected chi connectivity index (χ1v) is 11.9. The molecule has 0 aliphatic carbocycles. The molecule has 0 aromatic heterocycles. The average Bonchev–Trinajstić information content (AvgIpc) is 2.99. The van der Waals surface area contributed by atoms with Gasteiger partial charge in [-0.1, -0.05) is 91.8 Å². The van der Waals surface area contributed by atoms with Gasteiger partial charge in [0.1, 0.15) is 13.8 Å². The van der Waals surface area contributed by atoms with E-state index in [1.54, 1.807) is 0 Å². The van der Waals surface area contributed by atoms with E-state index in [1.807, 2.05) is 0 Å². The van der Waals surface area contributed by atoms with Crippen LogP contribution in [0.3, 0.4) is 0 Å². The van der Waals surface area contributed by atoms with Crippen LogP contribution in [0, 0.1) is 0 Å². The van der Waals surface area contributed by atoms with Crippen LogP contribution in [0.1, 0.15) is 34.6 Å². The monoisotopic (exact) mass is 365 g/mol. The molecule has 3 rings (SSSR count). The van der Waals surface area contributed by atoms with Crippen molar-refractivity contribution in [1.82, 2.24) is 5.06 Å². The van der Waals surface area contributed by atoms with Crippen LogP contribution in [0.25, 0.3) is 0 Å². The summed E-state index contributed by atoms with van der Waals surface area (Å²) in [6.45, 7) is 12.5. The third-order valence-electron chi connectivity index (χ3n) is 5.68. The second kappa shape index (κ2) is 7.41. The van der Waals surface area contributed by atoms with E-state index in [1.165, 1.54) is 10.4 Å². The van der Waals surface area contributed by atoms with Gasteiger partial charge in [0.15, 0.2) is 0 Å². The van der Waals surface area contributed by atoms with Crippen LogP contribution >= 0.6 is 0 Å². The van der Waals surface area contributed by atoms with E-state index in [0.29, 0.717) is 6.04 Å². The van der Waals surface area contributed by atoms with Crippen LogP contribution in [-0.2, 0) is 4.84 Å². The maximum Gasteiger partial charge on any atom is 0.130 e. The van der Waals surface area contributed by atoms with E-state index in [4.69, 9.17) is 4.84 Å². The molecule has 0 N–H and O–H groups in total. The Bertz CT molecular complexity index is 709. The summed E-state index contributed by atoms with van der Waals surface area (Å²) in [5, 5.41) is 5.19. The number of hydrogen-bond acceptors (Lipinski definition) is 2. The van der Waals surface area contributed by atoms with E-state index >= 15 is 0 Å². The van der Waals surface area contributed by atoms with E-state index in [9.17, 15) is 0 Å². The Morgan fingerprint density at radius 1 is 0.923 bits per heavy atom. The highest BCUT2D eigenvalue weighted by atomic mass is 28.3. The summed E-state index contributed by atoms with van der Waals surface area (Å²) in [4.78, 5) is 6.25. The minimum Gasteiger partial charge on any atom is -0.410 e. The molecule has 1 aliphatic heterocycles. The normalized spacial score (nSPS) is 18.5. The Hall–Kier alpha value is -1.84. The summed E-state index contributed by atoms with van der Waals surface area (Å²) in [6, 6.07) is 23.6. The molecule has 1 heterocycles. The second-order valence-electron chi connectivity index (χ2n) is 8.26. The zero-order valence-electron chi connectivity index (χ0n) is 16.7. The van der Waals surface area contributed by atoms with Gasteiger partial charge >= 0.3 is 0 Å². The predicted molar refractivity (Wildman–Crippen MR) is 113 cm³/mol. The maximum atomic E-state index is 6.25. The Morgan fingerprint density at radius 3 is 1.81 bits per heavy atom. The van der Waals surface area contributed by atoms with Crippen molar-refractivity contribution in [2.24, 2.45) is 0 Å². The van der Waals surface area contributed by atoms with Gasteiger partial charge in [-0.25, -0.2) is 0 Å². The highest BCUT2D eigenvalue weighted by molar-refractivity contribution is 7.04. The van der Waals surface area contributed by atoms with Crippen molar-refractivity contribution in [2.45, 2.75) is 51.7 Å². The Balaban J connectivity index is 2.14. The molecule has 0 saturated carbocycles. The number of nitrogens with zero attached hydrogens (tertiary/aromatic N) is 1. The van der Waals surface area contributed by atoms with Crippen molar-refractivity contribution in [3.63, 3.8) is 0 Å². The lowest BCUT2D eigenvalue weighted by Gasteiger charge is -2.44. The molecule has 2 aromatic carbocycles. The average molecular weight is 366 g/mol. The van der Waals surface area contributed by atoms with E-state index in [-0.39, 0.29) is 5.04 Å². The van der Waals surface area contributed by atoms with Crippen molar-refractivity contribution in [2.75, 3.05) is 6.54 Å². The summed E-state index contributed by atoms with van der Waals surface area (Å²) < 4.78 is 0. The first-order chi connectivity index (χ1) is 12.4. The molecule has 138 valence electrons. The van der Waals surface area contributed by atoms with Gasteiger partial charge in [-0.05, 0) is 25.0 Å². The number of likely N-dealkylation sites (N-methyl/N-ethyl adjacent to an activating group) is 1. The molecule has 2 nitrogen and oxygen atoms in total. The zero-order chi connectivity index (χ0) is 18.8. The minimum atomic E-state index is -2.11. The lowest BCUT2D eigenvalue weighted by Crippen LogP contribution is -2.64. The van der Waals surface area contributed by atoms with E-state index in [0.717, 1.165) is 18.3 Å². The molecule has 0 fully saturated rings. The molecule has 2 aromatic rings. The number of rotatable bonds is 5. The molecular weight excluding hydrogens is 334 g/mol. The molecule has 1 atom stereocenters. The fourth-order valence-electron chi connectivity index (χ4n) is 4.27. The Labute approximate surface area is 159 Å². The Kier molecular flexibility index (Phi) is 5.40. The van der Waals surface area contributed by atoms with E-state index < -0.39 is 8.07 Å². The minimum absolute atomic E-state index is 0.156. The molecule has 1 aliphatic rings. The summed E-state index contributed by atoms with van der Waals surface area (Å²) >= 11 is 0. The number of hydroxylamine groups is 2. The van der Waals surface area contributed by atoms with Crippen LogP contribution in [-0.4, -0.2) is 25.7 Å². The number of benzene rings is 2. The molecule has 0 radical (unpaired) electrons. The molecule has 0 spiro atoms. The third kappa shape index (κ3) is 3.38. The van der Waals surface area contributed by atoms with Gasteiger partial charge < -0.3 is 4.84 Å². The van der Waals surface area contributed by atoms with Gasteiger partial charge in [0.25, 0.3) is 0 Å². The predicted octanol–water partition coefficient (Wildman–Crippen LogP) is 4.59. The molecule has 26 heavy (non-hydrogen) atoms. The van der Waals surface area contributed by atoms with Gasteiger partial charge in [-0.2, -0.15) is 0 Å². The van der Waals surface area contributed by atoms with Crippen LogP contribution in [0.2, 0.25) is 11.1 Å². The number of allylic oxidation sites excluding steroid dienone is 1. The standard InChI is InChI=1S/C23H31NOSi/c1-6-24-19(2)17-20(25-24)18-26(23(3,4)5,21-13-9-7-10-14-21)22-15-11-8-12-16-22/h7-17,19H,6,18H2,1-5H3. The van der Waals surface area contributed by atoms with E-state index in [2.05, 4.69) is 106 Å². The molecule has 1 unspecified atom stereocenters. The van der Waals surface area contributed by atoms with Gasteiger partial charge in [-0.3, -0.25) is 0 Å². The van der Waals surface area contributed by atoms with Crippen molar-refractivity contribution in [3.8, 4) is 0 Å². The quantitative estimate of drug-likeness (QED) is 0.719. The van der Waals surface area contributed by atoms with Crippen molar-refractivity contribution < 1.29 is 4.84 Å². The highest BCUT2D eigenvalue weighted by Crippen LogP contribution is 2.41. The molecule has 0 amide bonds. The van der Waals surface area contributed by atoms with Gasteiger partial charge in [-0.15, -0.1) is 5.06 Å². The summed E-state index contributed by atoms with van der Waals surface area (Å²) in [7, 11) is -2.11. The van der Waals surface area contributed by atoms with Crippen LogP contribution in [0.15, 0.2) is 72.5 Å². The third-order valence-corrected chi connectivity index (χ3v) is 11.8. The highest BCUT2D eigenvalue weighted by Gasteiger charge is 2.49. The molecular formula is C23H31NOSi. The summed E-state index contributed by atoms with van der Waals surface area (Å²) in [6.07, 6.45) is 2.31. The largest absolute Gasteiger partial charge is 0.410 e.